The van der Waals surface area contributed by atoms with Crippen LogP contribution in [0.3, 0.4) is 0 Å². The highest BCUT2D eigenvalue weighted by Crippen LogP contribution is 2.28. The molecule has 2 fully saturated rings. The third-order valence-corrected chi connectivity index (χ3v) is 5.32. The molecule has 1 amide bonds. The van der Waals surface area contributed by atoms with E-state index in [4.69, 9.17) is 23.2 Å². The molecule has 5 heteroatoms. The van der Waals surface area contributed by atoms with E-state index in [-0.39, 0.29) is 5.91 Å². The maximum atomic E-state index is 12.5. The Balaban J connectivity index is 1.62. The van der Waals surface area contributed by atoms with E-state index in [2.05, 4.69) is 5.32 Å². The van der Waals surface area contributed by atoms with Crippen LogP contribution in [0, 0.1) is 11.8 Å². The largest absolute Gasteiger partial charge is 0.342 e. The molecule has 3 nitrogen and oxygen atoms in total. The Morgan fingerprint density at radius 3 is 2.48 bits per heavy atom. The molecule has 3 rings (SSSR count). The molecular formula is C16H20Cl2N2O. The maximum absolute atomic E-state index is 12.5. The van der Waals surface area contributed by atoms with E-state index in [0.717, 1.165) is 56.4 Å². The lowest BCUT2D eigenvalue weighted by Gasteiger charge is -2.21. The van der Waals surface area contributed by atoms with Crippen LogP contribution in [-0.2, 0) is 11.2 Å². The van der Waals surface area contributed by atoms with E-state index < -0.39 is 0 Å². The second kappa shape index (κ2) is 6.55. The first-order valence-electron chi connectivity index (χ1n) is 7.56. The zero-order chi connectivity index (χ0) is 14.8. The molecule has 2 atom stereocenters. The first kappa shape index (κ1) is 15.1. The first-order chi connectivity index (χ1) is 10.1. The predicted octanol–water partition coefficient (Wildman–Crippen LogP) is 2.99. The fraction of sp³-hybridized carbons (Fsp3) is 0.562. The fourth-order valence-electron chi connectivity index (χ4n) is 3.41. The summed E-state index contributed by atoms with van der Waals surface area (Å²) in [6.45, 7) is 3.95. The van der Waals surface area contributed by atoms with Crippen LogP contribution in [0.5, 0.6) is 0 Å². The van der Waals surface area contributed by atoms with Crippen molar-refractivity contribution in [1.82, 2.24) is 10.2 Å². The third-order valence-electron chi connectivity index (χ3n) is 4.73. The predicted molar refractivity (Wildman–Crippen MR) is 85.8 cm³/mol. The van der Waals surface area contributed by atoms with E-state index in [0.29, 0.717) is 16.5 Å². The van der Waals surface area contributed by atoms with Crippen LogP contribution in [-0.4, -0.2) is 37.0 Å². The fourth-order valence-corrected chi connectivity index (χ4v) is 3.88. The van der Waals surface area contributed by atoms with Crippen molar-refractivity contribution < 1.29 is 4.79 Å². The average Bonchev–Trinajstić information content (AvgIpc) is 2.80. The summed E-state index contributed by atoms with van der Waals surface area (Å²) in [6, 6.07) is 5.33. The van der Waals surface area contributed by atoms with Crippen molar-refractivity contribution in [3.63, 3.8) is 0 Å². The SMILES string of the molecule is O=C(Cc1ccc(Cl)cc1Cl)N1CC[C@@H]2CNC[C@@H]2CC1. The minimum Gasteiger partial charge on any atom is -0.342 e. The van der Waals surface area contributed by atoms with Gasteiger partial charge < -0.3 is 10.2 Å². The first-order valence-corrected chi connectivity index (χ1v) is 8.31. The molecule has 1 aromatic carbocycles. The molecule has 1 aromatic rings. The smallest absolute Gasteiger partial charge is 0.227 e. The molecule has 2 aliphatic heterocycles. The van der Waals surface area contributed by atoms with Gasteiger partial charge in [-0.3, -0.25) is 4.79 Å². The van der Waals surface area contributed by atoms with E-state index >= 15 is 0 Å². The highest BCUT2D eigenvalue weighted by molar-refractivity contribution is 6.35. The molecule has 114 valence electrons. The number of carbonyl (C=O) groups is 1. The Morgan fingerprint density at radius 2 is 1.86 bits per heavy atom. The quantitative estimate of drug-likeness (QED) is 0.906. The Morgan fingerprint density at radius 1 is 1.19 bits per heavy atom. The van der Waals surface area contributed by atoms with Crippen LogP contribution in [0.15, 0.2) is 18.2 Å². The van der Waals surface area contributed by atoms with Crippen LogP contribution in [0.25, 0.3) is 0 Å². The molecule has 21 heavy (non-hydrogen) atoms. The topological polar surface area (TPSA) is 32.3 Å². The van der Waals surface area contributed by atoms with Gasteiger partial charge in [0.1, 0.15) is 0 Å². The number of hydrogen-bond donors (Lipinski definition) is 1. The van der Waals surface area contributed by atoms with Gasteiger partial charge in [-0.15, -0.1) is 0 Å². The molecule has 0 aromatic heterocycles. The molecule has 0 saturated carbocycles. The average molecular weight is 327 g/mol. The van der Waals surface area contributed by atoms with Gasteiger partial charge in [-0.1, -0.05) is 29.3 Å². The number of nitrogens with one attached hydrogen (secondary N) is 1. The number of amides is 1. The van der Waals surface area contributed by atoms with Gasteiger partial charge in [-0.2, -0.15) is 0 Å². The number of hydrogen-bond acceptors (Lipinski definition) is 2. The molecular weight excluding hydrogens is 307 g/mol. The minimum absolute atomic E-state index is 0.173. The van der Waals surface area contributed by atoms with Gasteiger partial charge in [0.25, 0.3) is 0 Å². The van der Waals surface area contributed by atoms with Gasteiger partial charge in [-0.05, 0) is 55.5 Å². The van der Waals surface area contributed by atoms with Crippen LogP contribution in [0.1, 0.15) is 18.4 Å². The van der Waals surface area contributed by atoms with E-state index in [1.807, 2.05) is 11.0 Å². The summed E-state index contributed by atoms with van der Waals surface area (Å²) >= 11 is 12.1. The Kier molecular flexibility index (Phi) is 4.72. The molecule has 0 radical (unpaired) electrons. The lowest BCUT2D eigenvalue weighted by atomic mass is 9.92. The maximum Gasteiger partial charge on any atom is 0.227 e. The Hall–Kier alpha value is -0.770. The van der Waals surface area contributed by atoms with E-state index in [1.54, 1.807) is 12.1 Å². The van der Waals surface area contributed by atoms with Gasteiger partial charge in [0.2, 0.25) is 5.91 Å². The summed E-state index contributed by atoms with van der Waals surface area (Å²) in [5.74, 6) is 1.65. The summed E-state index contributed by atoms with van der Waals surface area (Å²) in [7, 11) is 0. The lowest BCUT2D eigenvalue weighted by Crippen LogP contribution is -2.34. The number of fused-ring (bicyclic) bond motifs is 1. The Labute approximate surface area is 135 Å². The summed E-state index contributed by atoms with van der Waals surface area (Å²) < 4.78 is 0. The Bertz CT molecular complexity index is 521. The van der Waals surface area contributed by atoms with Gasteiger partial charge >= 0.3 is 0 Å². The molecule has 1 N–H and O–H groups in total. The number of carbonyl (C=O) groups excluding carboxylic acids is 1. The second-order valence-corrected chi connectivity index (χ2v) is 6.89. The molecule has 2 heterocycles. The second-order valence-electron chi connectivity index (χ2n) is 6.05. The van der Waals surface area contributed by atoms with E-state index in [9.17, 15) is 4.79 Å². The van der Waals surface area contributed by atoms with Gasteiger partial charge in [0.15, 0.2) is 0 Å². The zero-order valence-corrected chi connectivity index (χ0v) is 13.5. The van der Waals surface area contributed by atoms with Crippen molar-refractivity contribution in [2.45, 2.75) is 19.3 Å². The van der Waals surface area contributed by atoms with Crippen molar-refractivity contribution >= 4 is 29.1 Å². The van der Waals surface area contributed by atoms with E-state index in [1.165, 1.54) is 0 Å². The van der Waals surface area contributed by atoms with Crippen LogP contribution >= 0.6 is 23.2 Å². The van der Waals surface area contributed by atoms with Gasteiger partial charge in [0, 0.05) is 23.1 Å². The van der Waals surface area contributed by atoms with Crippen molar-refractivity contribution in [2.75, 3.05) is 26.2 Å². The number of nitrogens with zero attached hydrogens (tertiary/aromatic N) is 1. The highest BCUT2D eigenvalue weighted by Gasteiger charge is 2.31. The lowest BCUT2D eigenvalue weighted by molar-refractivity contribution is -0.130. The van der Waals surface area contributed by atoms with Crippen molar-refractivity contribution in [3.05, 3.63) is 33.8 Å². The summed E-state index contributed by atoms with van der Waals surface area (Å²) in [5, 5.41) is 4.63. The van der Waals surface area contributed by atoms with Crippen molar-refractivity contribution in [3.8, 4) is 0 Å². The minimum atomic E-state index is 0.173. The zero-order valence-electron chi connectivity index (χ0n) is 11.9. The van der Waals surface area contributed by atoms with Crippen LogP contribution < -0.4 is 5.32 Å². The molecule has 2 aliphatic rings. The van der Waals surface area contributed by atoms with Crippen LogP contribution in [0.4, 0.5) is 0 Å². The molecule has 0 spiro atoms. The van der Waals surface area contributed by atoms with Crippen molar-refractivity contribution in [1.29, 1.82) is 0 Å². The summed E-state index contributed by atoms with van der Waals surface area (Å²) in [6.07, 6.45) is 2.58. The summed E-state index contributed by atoms with van der Waals surface area (Å²) in [5.41, 5.74) is 0.858. The van der Waals surface area contributed by atoms with Crippen molar-refractivity contribution in [2.24, 2.45) is 11.8 Å². The third kappa shape index (κ3) is 3.53. The number of rotatable bonds is 2. The van der Waals surface area contributed by atoms with Gasteiger partial charge in [-0.25, -0.2) is 0 Å². The number of halogens is 2. The monoisotopic (exact) mass is 326 g/mol. The number of benzene rings is 1. The normalized spacial score (nSPS) is 25.5. The standard InChI is InChI=1S/C16H20Cl2N2O/c17-14-2-1-11(15(18)8-14)7-16(21)20-5-3-12-9-19-10-13(12)4-6-20/h1-2,8,12-13,19H,3-7,9-10H2/t12-,13+. The molecule has 0 bridgehead atoms. The molecule has 0 aliphatic carbocycles. The molecule has 2 saturated heterocycles. The van der Waals surface area contributed by atoms with Crippen LogP contribution in [0.2, 0.25) is 10.0 Å². The summed E-state index contributed by atoms with van der Waals surface area (Å²) in [4.78, 5) is 14.5. The molecule has 0 unspecified atom stereocenters. The van der Waals surface area contributed by atoms with Gasteiger partial charge in [0.05, 0.1) is 6.42 Å². The number of likely N-dealkylation sites (tertiary alicyclic amines) is 1. The highest BCUT2D eigenvalue weighted by atomic mass is 35.5.